The standard InChI is InChI=1S/C13H16BrNO2S/c1-3-4-5-6-9-15-18(16,17)13-8-7-11(2)10-12(13)14/h1,7-8,10,15H,4-6,9H2,2H3. The van der Waals surface area contributed by atoms with E-state index in [4.69, 9.17) is 6.42 Å². The molecule has 0 saturated carbocycles. The number of terminal acetylenes is 1. The van der Waals surface area contributed by atoms with Crippen molar-refractivity contribution in [2.75, 3.05) is 6.54 Å². The largest absolute Gasteiger partial charge is 0.241 e. The molecule has 98 valence electrons. The Hall–Kier alpha value is -0.830. The summed E-state index contributed by atoms with van der Waals surface area (Å²) >= 11 is 3.27. The van der Waals surface area contributed by atoms with Gasteiger partial charge in [-0.25, -0.2) is 13.1 Å². The lowest BCUT2D eigenvalue weighted by atomic mass is 10.2. The van der Waals surface area contributed by atoms with Gasteiger partial charge in [0.05, 0.1) is 4.90 Å². The molecule has 1 N–H and O–H groups in total. The molecule has 0 aliphatic rings. The fourth-order valence-corrected chi connectivity index (χ4v) is 3.72. The fraction of sp³-hybridized carbons (Fsp3) is 0.385. The topological polar surface area (TPSA) is 46.2 Å². The van der Waals surface area contributed by atoms with E-state index in [1.807, 2.05) is 6.92 Å². The van der Waals surface area contributed by atoms with E-state index in [2.05, 4.69) is 26.6 Å². The van der Waals surface area contributed by atoms with E-state index in [-0.39, 0.29) is 4.90 Å². The Morgan fingerprint density at radius 1 is 1.39 bits per heavy atom. The summed E-state index contributed by atoms with van der Waals surface area (Å²) in [7, 11) is -3.44. The van der Waals surface area contributed by atoms with Crippen molar-refractivity contribution >= 4 is 26.0 Å². The van der Waals surface area contributed by atoms with E-state index in [0.29, 0.717) is 17.4 Å². The van der Waals surface area contributed by atoms with Crippen molar-refractivity contribution in [3.63, 3.8) is 0 Å². The Kier molecular flexibility index (Phi) is 5.86. The maximum Gasteiger partial charge on any atom is 0.241 e. The van der Waals surface area contributed by atoms with Crippen molar-refractivity contribution in [3.8, 4) is 12.3 Å². The molecule has 1 aromatic carbocycles. The second-order valence-electron chi connectivity index (χ2n) is 3.99. The summed E-state index contributed by atoms with van der Waals surface area (Å²) in [6.07, 6.45) is 7.37. The summed E-state index contributed by atoms with van der Waals surface area (Å²) in [4.78, 5) is 0.269. The minimum atomic E-state index is -3.44. The number of hydrogen-bond donors (Lipinski definition) is 1. The normalized spacial score (nSPS) is 11.2. The number of benzene rings is 1. The zero-order chi connectivity index (χ0) is 13.6. The molecule has 18 heavy (non-hydrogen) atoms. The van der Waals surface area contributed by atoms with Gasteiger partial charge in [-0.15, -0.1) is 12.3 Å². The lowest BCUT2D eigenvalue weighted by Crippen LogP contribution is -2.25. The van der Waals surface area contributed by atoms with Crippen LogP contribution < -0.4 is 4.72 Å². The van der Waals surface area contributed by atoms with Gasteiger partial charge in [0, 0.05) is 17.4 Å². The van der Waals surface area contributed by atoms with Gasteiger partial charge in [0.15, 0.2) is 0 Å². The average Bonchev–Trinajstić information content (AvgIpc) is 2.28. The van der Waals surface area contributed by atoms with Crippen LogP contribution in [0.2, 0.25) is 0 Å². The molecule has 0 heterocycles. The molecular weight excluding hydrogens is 314 g/mol. The van der Waals surface area contributed by atoms with Crippen molar-refractivity contribution in [1.82, 2.24) is 4.72 Å². The van der Waals surface area contributed by atoms with Crippen molar-refractivity contribution in [2.24, 2.45) is 0 Å². The number of halogens is 1. The highest BCUT2D eigenvalue weighted by atomic mass is 79.9. The number of unbranched alkanes of at least 4 members (excludes halogenated alkanes) is 2. The Morgan fingerprint density at radius 3 is 2.72 bits per heavy atom. The molecule has 0 aliphatic carbocycles. The van der Waals surface area contributed by atoms with E-state index in [0.717, 1.165) is 18.4 Å². The number of hydrogen-bond acceptors (Lipinski definition) is 2. The Morgan fingerprint density at radius 2 is 2.11 bits per heavy atom. The van der Waals surface area contributed by atoms with Gasteiger partial charge in [0.25, 0.3) is 0 Å². The summed E-state index contributed by atoms with van der Waals surface area (Å²) < 4.78 is 27.2. The predicted octanol–water partition coefficient (Wildman–Crippen LogP) is 2.84. The van der Waals surface area contributed by atoms with Crippen LogP contribution in [0, 0.1) is 19.3 Å². The lowest BCUT2D eigenvalue weighted by Gasteiger charge is -2.08. The summed E-state index contributed by atoms with van der Waals surface area (Å²) in [6.45, 7) is 2.32. The monoisotopic (exact) mass is 329 g/mol. The average molecular weight is 330 g/mol. The van der Waals surface area contributed by atoms with Gasteiger partial charge in [-0.2, -0.15) is 0 Å². The van der Waals surface area contributed by atoms with Gasteiger partial charge >= 0.3 is 0 Å². The number of aryl methyl sites for hydroxylation is 1. The van der Waals surface area contributed by atoms with Crippen LogP contribution in [0.25, 0.3) is 0 Å². The molecular formula is C13H16BrNO2S. The molecule has 0 bridgehead atoms. The van der Waals surface area contributed by atoms with Crippen molar-refractivity contribution in [2.45, 2.75) is 31.1 Å². The molecule has 0 amide bonds. The zero-order valence-electron chi connectivity index (χ0n) is 10.2. The summed E-state index contributed by atoms with van der Waals surface area (Å²) in [5.41, 5.74) is 1.01. The summed E-state index contributed by atoms with van der Waals surface area (Å²) in [6, 6.07) is 5.16. The molecule has 0 atom stereocenters. The molecule has 0 radical (unpaired) electrons. The molecule has 5 heteroatoms. The van der Waals surface area contributed by atoms with Crippen LogP contribution in [0.15, 0.2) is 27.6 Å². The third kappa shape index (κ3) is 4.45. The van der Waals surface area contributed by atoms with Crippen LogP contribution in [0.4, 0.5) is 0 Å². The van der Waals surface area contributed by atoms with Gasteiger partial charge < -0.3 is 0 Å². The van der Waals surface area contributed by atoms with E-state index >= 15 is 0 Å². The molecule has 3 nitrogen and oxygen atoms in total. The van der Waals surface area contributed by atoms with Crippen LogP contribution in [-0.4, -0.2) is 15.0 Å². The maximum absolute atomic E-state index is 12.0. The highest BCUT2D eigenvalue weighted by molar-refractivity contribution is 9.10. The number of sulfonamides is 1. The van der Waals surface area contributed by atoms with Gasteiger partial charge in [-0.1, -0.05) is 6.07 Å². The summed E-state index contributed by atoms with van der Waals surface area (Å²) in [5.74, 6) is 2.53. The van der Waals surface area contributed by atoms with E-state index in [1.165, 1.54) is 0 Å². The Bertz CT molecular complexity index is 547. The van der Waals surface area contributed by atoms with Crippen molar-refractivity contribution < 1.29 is 8.42 Å². The quantitative estimate of drug-likeness (QED) is 0.644. The SMILES string of the molecule is C#CCCCCNS(=O)(=O)c1ccc(C)cc1Br. The highest BCUT2D eigenvalue weighted by Gasteiger charge is 2.16. The smallest absolute Gasteiger partial charge is 0.211 e. The molecule has 0 aromatic heterocycles. The number of nitrogens with one attached hydrogen (secondary N) is 1. The zero-order valence-corrected chi connectivity index (χ0v) is 12.6. The Balaban J connectivity index is 2.66. The first-order valence-electron chi connectivity index (χ1n) is 5.66. The first-order valence-corrected chi connectivity index (χ1v) is 7.94. The molecule has 0 saturated heterocycles. The van der Waals surface area contributed by atoms with Crippen LogP contribution in [0.1, 0.15) is 24.8 Å². The summed E-state index contributed by atoms with van der Waals surface area (Å²) in [5, 5.41) is 0. The second kappa shape index (κ2) is 6.93. The third-order valence-electron chi connectivity index (χ3n) is 2.42. The minimum absolute atomic E-state index is 0.269. The highest BCUT2D eigenvalue weighted by Crippen LogP contribution is 2.22. The first-order chi connectivity index (χ1) is 8.47. The van der Waals surface area contributed by atoms with Crippen LogP contribution >= 0.6 is 15.9 Å². The molecule has 1 rings (SSSR count). The predicted molar refractivity (Wildman–Crippen MR) is 76.8 cm³/mol. The van der Waals surface area contributed by atoms with Gasteiger partial charge in [-0.3, -0.25) is 0 Å². The number of rotatable bonds is 6. The lowest BCUT2D eigenvalue weighted by molar-refractivity contribution is 0.577. The van der Waals surface area contributed by atoms with Gasteiger partial charge in [0.1, 0.15) is 0 Å². The van der Waals surface area contributed by atoms with Crippen molar-refractivity contribution in [1.29, 1.82) is 0 Å². The molecule has 0 spiro atoms. The third-order valence-corrected chi connectivity index (χ3v) is 4.85. The van der Waals surface area contributed by atoms with Gasteiger partial charge in [0.2, 0.25) is 10.0 Å². The fourth-order valence-electron chi connectivity index (χ4n) is 1.46. The van der Waals surface area contributed by atoms with E-state index in [9.17, 15) is 8.42 Å². The molecule has 0 aliphatic heterocycles. The first kappa shape index (κ1) is 15.2. The van der Waals surface area contributed by atoms with E-state index < -0.39 is 10.0 Å². The Labute approximate surface area is 117 Å². The minimum Gasteiger partial charge on any atom is -0.211 e. The van der Waals surface area contributed by atoms with E-state index in [1.54, 1.807) is 18.2 Å². The van der Waals surface area contributed by atoms with Crippen LogP contribution in [-0.2, 0) is 10.0 Å². The van der Waals surface area contributed by atoms with Crippen LogP contribution in [0.5, 0.6) is 0 Å². The molecule has 0 unspecified atom stereocenters. The molecule has 1 aromatic rings. The second-order valence-corrected chi connectivity index (χ2v) is 6.58. The van der Waals surface area contributed by atoms with Crippen LogP contribution in [0.3, 0.4) is 0 Å². The van der Waals surface area contributed by atoms with Gasteiger partial charge in [-0.05, 0) is 53.4 Å². The van der Waals surface area contributed by atoms with Crippen molar-refractivity contribution in [3.05, 3.63) is 28.2 Å². The molecule has 0 fully saturated rings. The maximum atomic E-state index is 12.0.